The molecule has 0 unspecified atom stereocenters. The molecule has 0 aliphatic carbocycles. The van der Waals surface area contributed by atoms with Crippen molar-refractivity contribution >= 4 is 29.2 Å². The number of aromatic nitrogens is 1. The van der Waals surface area contributed by atoms with E-state index in [4.69, 9.17) is 21.1 Å². The Bertz CT molecular complexity index is 1270. The van der Waals surface area contributed by atoms with Crippen LogP contribution >= 0.6 is 11.6 Å². The van der Waals surface area contributed by atoms with Crippen LogP contribution in [0.25, 0.3) is 0 Å². The number of esters is 1. The van der Waals surface area contributed by atoms with E-state index in [-0.39, 0.29) is 28.1 Å². The number of halogens is 2. The molecule has 0 spiro atoms. The second-order valence-corrected chi connectivity index (χ2v) is 10.6. The summed E-state index contributed by atoms with van der Waals surface area (Å²) in [5.74, 6) is -0.744. The van der Waals surface area contributed by atoms with Gasteiger partial charge in [0.25, 0.3) is 0 Å². The first-order chi connectivity index (χ1) is 17.9. The fourth-order valence-electron chi connectivity index (χ4n) is 4.13. The van der Waals surface area contributed by atoms with Crippen LogP contribution in [0.3, 0.4) is 0 Å². The summed E-state index contributed by atoms with van der Waals surface area (Å²) in [6.45, 7) is 7.80. The molecule has 0 radical (unpaired) electrons. The quantitative estimate of drug-likeness (QED) is 0.204. The van der Waals surface area contributed by atoms with Crippen LogP contribution < -0.4 is 9.64 Å². The fraction of sp³-hybridized carbons (Fsp3) is 0.367. The number of benzene rings is 2. The Kier molecular flexibility index (Phi) is 9.50. The second kappa shape index (κ2) is 12.4. The topological polar surface area (TPSA) is 68.7 Å². The summed E-state index contributed by atoms with van der Waals surface area (Å²) >= 11 is 6.29. The Balaban J connectivity index is 1.80. The van der Waals surface area contributed by atoms with E-state index < -0.39 is 29.1 Å². The third-order valence-electron chi connectivity index (χ3n) is 6.09. The summed E-state index contributed by atoms with van der Waals surface area (Å²) in [5.41, 5.74) is 0.669. The number of ether oxygens (including phenoxy) is 2. The van der Waals surface area contributed by atoms with Crippen molar-refractivity contribution < 1.29 is 23.5 Å². The van der Waals surface area contributed by atoms with Crippen LogP contribution in [-0.2, 0) is 16.1 Å². The normalized spacial score (nSPS) is 12.1. The molecule has 0 fully saturated rings. The molecule has 202 valence electrons. The third-order valence-corrected chi connectivity index (χ3v) is 6.41. The maximum absolute atomic E-state index is 15.7. The molecule has 0 aliphatic heterocycles. The summed E-state index contributed by atoms with van der Waals surface area (Å²) in [7, 11) is 3.51. The number of ketones is 1. The van der Waals surface area contributed by atoms with Crippen molar-refractivity contribution in [2.75, 3.05) is 19.1 Å². The minimum atomic E-state index is -0.724. The van der Waals surface area contributed by atoms with Gasteiger partial charge in [0.15, 0.2) is 5.78 Å². The SMILES string of the molecule is CC[C@@H](CC(=O)OC(C)(C)C)c1ccc(Cl)c(C(=O)c2ccc(N(C)Cc3ccc(OC)cc3)nc2)c1F. The average Bonchev–Trinajstić information content (AvgIpc) is 2.87. The van der Waals surface area contributed by atoms with Crippen LogP contribution in [0.5, 0.6) is 5.75 Å². The number of methoxy groups -OCH3 is 1. The molecular formula is C30H34ClFN2O4. The minimum Gasteiger partial charge on any atom is -0.497 e. The van der Waals surface area contributed by atoms with E-state index in [1.54, 1.807) is 40.0 Å². The summed E-state index contributed by atoms with van der Waals surface area (Å²) in [5, 5.41) is 0.00377. The van der Waals surface area contributed by atoms with E-state index in [1.807, 2.05) is 43.1 Å². The van der Waals surface area contributed by atoms with Crippen molar-refractivity contribution in [1.82, 2.24) is 4.98 Å². The third kappa shape index (κ3) is 7.32. The van der Waals surface area contributed by atoms with E-state index in [1.165, 1.54) is 18.3 Å². The fourth-order valence-corrected chi connectivity index (χ4v) is 4.36. The highest BCUT2D eigenvalue weighted by atomic mass is 35.5. The number of nitrogens with zero attached hydrogens (tertiary/aromatic N) is 2. The lowest BCUT2D eigenvalue weighted by molar-refractivity contribution is -0.155. The van der Waals surface area contributed by atoms with Gasteiger partial charge in [-0.15, -0.1) is 0 Å². The molecule has 38 heavy (non-hydrogen) atoms. The molecule has 3 aromatic rings. The molecule has 2 aromatic carbocycles. The molecular weight excluding hydrogens is 507 g/mol. The van der Waals surface area contributed by atoms with E-state index in [0.717, 1.165) is 11.3 Å². The summed E-state index contributed by atoms with van der Waals surface area (Å²) in [6.07, 6.45) is 1.90. The Morgan fingerprint density at radius 1 is 1.08 bits per heavy atom. The van der Waals surface area contributed by atoms with Crippen molar-refractivity contribution in [1.29, 1.82) is 0 Å². The molecule has 3 rings (SSSR count). The molecule has 0 N–H and O–H groups in total. The second-order valence-electron chi connectivity index (χ2n) is 10.2. The maximum Gasteiger partial charge on any atom is 0.306 e. The van der Waals surface area contributed by atoms with Crippen LogP contribution in [0.1, 0.15) is 73.5 Å². The lowest BCUT2D eigenvalue weighted by Gasteiger charge is -2.22. The standard InChI is InChI=1S/C30H34ClFN2O4/c1-7-20(16-26(35)38-30(2,3)4)23-13-14-24(31)27(28(23)32)29(36)21-10-15-25(33-17-21)34(5)18-19-8-11-22(37-6)12-9-19/h8-15,17,20H,7,16,18H2,1-6H3/t20-/m0/s1. The lowest BCUT2D eigenvalue weighted by Crippen LogP contribution is -2.25. The van der Waals surface area contributed by atoms with Gasteiger partial charge in [-0.1, -0.05) is 36.7 Å². The van der Waals surface area contributed by atoms with Crippen LogP contribution in [0.15, 0.2) is 54.7 Å². The number of hydrogen-bond acceptors (Lipinski definition) is 6. The highest BCUT2D eigenvalue weighted by molar-refractivity contribution is 6.35. The van der Waals surface area contributed by atoms with Crippen molar-refractivity contribution in [2.24, 2.45) is 0 Å². The van der Waals surface area contributed by atoms with Gasteiger partial charge >= 0.3 is 5.97 Å². The molecule has 0 saturated heterocycles. The predicted octanol–water partition coefficient (Wildman–Crippen LogP) is 6.98. The van der Waals surface area contributed by atoms with Gasteiger partial charge in [-0.3, -0.25) is 9.59 Å². The number of hydrogen-bond donors (Lipinski definition) is 0. The number of pyridine rings is 1. The first-order valence-corrected chi connectivity index (χ1v) is 12.9. The van der Waals surface area contributed by atoms with Gasteiger partial charge in [0.05, 0.1) is 24.1 Å². The van der Waals surface area contributed by atoms with Crippen LogP contribution in [0.4, 0.5) is 10.2 Å². The zero-order chi connectivity index (χ0) is 28.0. The highest BCUT2D eigenvalue weighted by Crippen LogP contribution is 2.33. The van der Waals surface area contributed by atoms with Gasteiger partial charge in [0.2, 0.25) is 0 Å². The van der Waals surface area contributed by atoms with Crippen LogP contribution in [-0.4, -0.2) is 36.5 Å². The maximum atomic E-state index is 15.7. The Hall–Kier alpha value is -3.45. The molecule has 1 atom stereocenters. The first-order valence-electron chi connectivity index (χ1n) is 12.5. The van der Waals surface area contributed by atoms with E-state index in [9.17, 15) is 9.59 Å². The largest absolute Gasteiger partial charge is 0.497 e. The lowest BCUT2D eigenvalue weighted by atomic mass is 9.90. The zero-order valence-corrected chi connectivity index (χ0v) is 23.4. The number of anilines is 1. The van der Waals surface area contributed by atoms with Gasteiger partial charge < -0.3 is 14.4 Å². The highest BCUT2D eigenvalue weighted by Gasteiger charge is 2.27. The number of carbonyl (C=O) groups excluding carboxylic acids is 2. The van der Waals surface area contributed by atoms with E-state index in [2.05, 4.69) is 4.98 Å². The van der Waals surface area contributed by atoms with Gasteiger partial charge in [0, 0.05) is 25.4 Å². The van der Waals surface area contributed by atoms with Crippen LogP contribution in [0.2, 0.25) is 5.02 Å². The van der Waals surface area contributed by atoms with Crippen molar-refractivity contribution in [3.63, 3.8) is 0 Å². The molecule has 1 heterocycles. The number of rotatable bonds is 10. The Morgan fingerprint density at radius 3 is 2.32 bits per heavy atom. The van der Waals surface area contributed by atoms with Crippen molar-refractivity contribution in [2.45, 2.75) is 58.6 Å². The Labute approximate surface area is 228 Å². The Morgan fingerprint density at radius 2 is 1.76 bits per heavy atom. The molecule has 0 bridgehead atoms. The van der Waals surface area contributed by atoms with Gasteiger partial charge in [0.1, 0.15) is 23.0 Å². The van der Waals surface area contributed by atoms with Gasteiger partial charge in [-0.25, -0.2) is 9.37 Å². The summed E-state index contributed by atoms with van der Waals surface area (Å²) in [6, 6.07) is 14.1. The molecule has 0 saturated carbocycles. The van der Waals surface area contributed by atoms with E-state index >= 15 is 4.39 Å². The molecule has 1 aromatic heterocycles. The van der Waals surface area contributed by atoms with E-state index in [0.29, 0.717) is 18.8 Å². The van der Waals surface area contributed by atoms with Crippen molar-refractivity contribution in [3.8, 4) is 5.75 Å². The molecule has 0 aliphatic rings. The molecule has 8 heteroatoms. The van der Waals surface area contributed by atoms with Crippen LogP contribution in [0, 0.1) is 5.82 Å². The summed E-state index contributed by atoms with van der Waals surface area (Å²) < 4.78 is 26.3. The summed E-state index contributed by atoms with van der Waals surface area (Å²) in [4.78, 5) is 32.1. The van der Waals surface area contributed by atoms with Gasteiger partial charge in [-0.2, -0.15) is 0 Å². The van der Waals surface area contributed by atoms with Crippen molar-refractivity contribution in [3.05, 3.63) is 87.8 Å². The monoisotopic (exact) mass is 540 g/mol. The van der Waals surface area contributed by atoms with Gasteiger partial charge in [-0.05, 0) is 74.6 Å². The average molecular weight is 541 g/mol. The zero-order valence-electron chi connectivity index (χ0n) is 22.7. The molecule has 6 nitrogen and oxygen atoms in total. The number of carbonyl (C=O) groups is 2. The minimum absolute atomic E-state index is 0.00324. The molecule has 0 amide bonds. The predicted molar refractivity (Wildman–Crippen MR) is 148 cm³/mol. The smallest absolute Gasteiger partial charge is 0.306 e. The first kappa shape index (κ1) is 29.1.